The zero-order valence-electron chi connectivity index (χ0n) is 3.94. The van der Waals surface area contributed by atoms with E-state index in [-0.39, 0.29) is 0 Å². The molecule has 1 aliphatic rings. The van der Waals surface area contributed by atoms with Gasteiger partial charge in [0.15, 0.2) is 0 Å². The van der Waals surface area contributed by atoms with Crippen LogP contribution >= 0.6 is 0 Å². The Kier molecular flexibility index (Phi) is 0.926. The Balaban J connectivity index is 2.45. The van der Waals surface area contributed by atoms with Crippen molar-refractivity contribution in [2.24, 2.45) is 0 Å². The first-order valence-electron chi connectivity index (χ1n) is 2.18. The Morgan fingerprint density at radius 3 is 2.83 bits per heavy atom. The van der Waals surface area contributed by atoms with Gasteiger partial charge in [0, 0.05) is 13.1 Å². The van der Waals surface area contributed by atoms with Crippen molar-refractivity contribution in [3.63, 3.8) is 0 Å². The highest BCUT2D eigenvalue weighted by molar-refractivity contribution is 5.06. The molecule has 0 fully saturated rings. The van der Waals surface area contributed by atoms with Crippen molar-refractivity contribution in [1.82, 2.24) is 5.32 Å². The molecule has 0 amide bonds. The zero-order valence-corrected chi connectivity index (χ0v) is 3.94. The molecule has 0 N–H and O–H groups in total. The van der Waals surface area contributed by atoms with Crippen LogP contribution in [0, 0.1) is 0 Å². The Morgan fingerprint density at radius 2 is 2.67 bits per heavy atom. The fourth-order valence-electron chi connectivity index (χ4n) is 0.526. The quantitative estimate of drug-likeness (QED) is 0.379. The van der Waals surface area contributed by atoms with E-state index < -0.39 is 0 Å². The summed E-state index contributed by atoms with van der Waals surface area (Å²) in [6, 6.07) is 0. The van der Waals surface area contributed by atoms with Crippen molar-refractivity contribution < 1.29 is 0 Å². The fraction of sp³-hybridized carbons (Fsp3) is 0.600. The lowest BCUT2D eigenvalue weighted by atomic mass is 10.3. The van der Waals surface area contributed by atoms with Gasteiger partial charge < -0.3 is 0 Å². The van der Waals surface area contributed by atoms with Gasteiger partial charge in [-0.05, 0) is 6.92 Å². The Bertz CT molecular complexity index is 74.0. The molecule has 0 aromatic carbocycles. The minimum Gasteiger partial charge on any atom is -0.233 e. The van der Waals surface area contributed by atoms with Gasteiger partial charge in [0.25, 0.3) is 0 Å². The highest BCUT2D eigenvalue weighted by Crippen LogP contribution is 1.94. The van der Waals surface area contributed by atoms with Gasteiger partial charge in [-0.1, -0.05) is 11.6 Å². The van der Waals surface area contributed by atoms with Gasteiger partial charge >= 0.3 is 0 Å². The van der Waals surface area contributed by atoms with Gasteiger partial charge in [0.2, 0.25) is 0 Å². The van der Waals surface area contributed by atoms with Gasteiger partial charge in [-0.2, -0.15) is 0 Å². The monoisotopic (exact) mass is 82.1 g/mol. The van der Waals surface area contributed by atoms with Crippen LogP contribution in [0.5, 0.6) is 0 Å². The van der Waals surface area contributed by atoms with Crippen LogP contribution in [0.1, 0.15) is 6.92 Å². The predicted molar refractivity (Wildman–Crippen MR) is 25.6 cm³/mol. The highest BCUT2D eigenvalue weighted by atomic mass is 14.9. The van der Waals surface area contributed by atoms with Crippen molar-refractivity contribution in [1.29, 1.82) is 0 Å². The molecule has 0 saturated heterocycles. The molecule has 1 rings (SSSR count). The van der Waals surface area contributed by atoms with E-state index in [1.54, 1.807) is 0 Å². The number of hydrogen-bond donors (Lipinski definition) is 0. The fourth-order valence-corrected chi connectivity index (χ4v) is 0.526. The molecule has 6 heavy (non-hydrogen) atoms. The first-order valence-corrected chi connectivity index (χ1v) is 2.18. The van der Waals surface area contributed by atoms with Crippen molar-refractivity contribution in [3.8, 4) is 0 Å². The van der Waals surface area contributed by atoms with Crippen molar-refractivity contribution in [2.75, 3.05) is 13.1 Å². The van der Waals surface area contributed by atoms with Crippen LogP contribution in [0.25, 0.3) is 0 Å². The normalized spacial score (nSPS) is 21.2. The minimum atomic E-state index is 0.950. The van der Waals surface area contributed by atoms with Crippen LogP contribution in [0.2, 0.25) is 0 Å². The molecular formula is C5H8N. The molecule has 0 aromatic heterocycles. The Morgan fingerprint density at radius 1 is 1.83 bits per heavy atom. The van der Waals surface area contributed by atoms with Crippen molar-refractivity contribution in [3.05, 3.63) is 11.6 Å². The third kappa shape index (κ3) is 0.601. The molecule has 0 saturated carbocycles. The molecule has 1 radical (unpaired) electrons. The maximum atomic E-state index is 4.07. The number of nitrogens with zero attached hydrogens (tertiary/aromatic N) is 1. The zero-order chi connectivity index (χ0) is 4.41. The SMILES string of the molecule is CC1=CC[N]C1. The molecule has 1 heteroatoms. The molecule has 0 aromatic rings. The molecule has 0 bridgehead atoms. The van der Waals surface area contributed by atoms with E-state index in [0.29, 0.717) is 0 Å². The Hall–Kier alpha value is -0.300. The maximum Gasteiger partial charge on any atom is 0.0345 e. The van der Waals surface area contributed by atoms with Gasteiger partial charge in [0.05, 0.1) is 0 Å². The summed E-state index contributed by atoms with van der Waals surface area (Å²) in [4.78, 5) is 0. The van der Waals surface area contributed by atoms with Crippen LogP contribution in [0.4, 0.5) is 0 Å². The van der Waals surface area contributed by atoms with Gasteiger partial charge in [0.1, 0.15) is 0 Å². The number of hydrogen-bond acceptors (Lipinski definition) is 0. The minimum absolute atomic E-state index is 0.950. The standard InChI is InChI=1S/C5H8N/c1-5-2-3-6-4-5/h2H,3-4H2,1H3. The van der Waals surface area contributed by atoms with Crippen LogP contribution < -0.4 is 5.32 Å². The Labute approximate surface area is 38.1 Å². The molecule has 0 atom stereocenters. The summed E-state index contributed by atoms with van der Waals surface area (Å²) in [7, 11) is 0. The first-order chi connectivity index (χ1) is 2.89. The molecule has 0 aliphatic carbocycles. The van der Waals surface area contributed by atoms with E-state index >= 15 is 0 Å². The van der Waals surface area contributed by atoms with E-state index in [9.17, 15) is 0 Å². The number of rotatable bonds is 0. The summed E-state index contributed by atoms with van der Waals surface area (Å²) in [5, 5.41) is 4.07. The summed E-state index contributed by atoms with van der Waals surface area (Å²) in [6.45, 7) is 4.03. The summed E-state index contributed by atoms with van der Waals surface area (Å²) >= 11 is 0. The smallest absolute Gasteiger partial charge is 0.0345 e. The van der Waals surface area contributed by atoms with E-state index in [1.807, 2.05) is 0 Å². The largest absolute Gasteiger partial charge is 0.233 e. The lowest BCUT2D eigenvalue weighted by molar-refractivity contribution is 0.855. The first kappa shape index (κ1) is 3.88. The molecule has 0 unspecified atom stereocenters. The molecular weight excluding hydrogens is 74.1 g/mol. The van der Waals surface area contributed by atoms with E-state index in [4.69, 9.17) is 0 Å². The predicted octanol–water partition coefficient (Wildman–Crippen LogP) is 0.551. The average Bonchev–Trinajstić information content (AvgIpc) is 1.86. The molecule has 1 heterocycles. The van der Waals surface area contributed by atoms with E-state index in [0.717, 1.165) is 13.1 Å². The van der Waals surface area contributed by atoms with E-state index in [2.05, 4.69) is 18.3 Å². The average molecular weight is 82.1 g/mol. The third-order valence-electron chi connectivity index (χ3n) is 0.930. The third-order valence-corrected chi connectivity index (χ3v) is 0.930. The van der Waals surface area contributed by atoms with Gasteiger partial charge in [-0.15, -0.1) is 0 Å². The summed E-state index contributed by atoms with van der Waals surface area (Å²) < 4.78 is 0. The van der Waals surface area contributed by atoms with E-state index in [1.165, 1.54) is 5.57 Å². The molecule has 1 nitrogen and oxygen atoms in total. The topological polar surface area (TPSA) is 14.1 Å². The lowest BCUT2D eigenvalue weighted by Gasteiger charge is -1.80. The lowest BCUT2D eigenvalue weighted by Crippen LogP contribution is -1.96. The van der Waals surface area contributed by atoms with Crippen molar-refractivity contribution >= 4 is 0 Å². The molecule has 0 spiro atoms. The van der Waals surface area contributed by atoms with Crippen molar-refractivity contribution in [2.45, 2.75) is 6.92 Å². The van der Waals surface area contributed by atoms with Crippen LogP contribution in [-0.4, -0.2) is 13.1 Å². The molecule has 33 valence electrons. The summed E-state index contributed by atoms with van der Waals surface area (Å²) in [5.41, 5.74) is 1.41. The second kappa shape index (κ2) is 1.43. The second-order valence-corrected chi connectivity index (χ2v) is 1.61. The summed E-state index contributed by atoms with van der Waals surface area (Å²) in [6.07, 6.45) is 2.15. The van der Waals surface area contributed by atoms with Gasteiger partial charge in [-0.25, -0.2) is 5.32 Å². The van der Waals surface area contributed by atoms with Gasteiger partial charge in [-0.3, -0.25) is 0 Å². The van der Waals surface area contributed by atoms with Crippen LogP contribution in [0.15, 0.2) is 11.6 Å². The van der Waals surface area contributed by atoms with Crippen LogP contribution in [0.3, 0.4) is 0 Å². The maximum absolute atomic E-state index is 4.07. The summed E-state index contributed by atoms with van der Waals surface area (Å²) in [5.74, 6) is 0. The highest BCUT2D eigenvalue weighted by Gasteiger charge is 1.94. The molecule has 1 aliphatic heterocycles. The van der Waals surface area contributed by atoms with Crippen LogP contribution in [-0.2, 0) is 0 Å². The second-order valence-electron chi connectivity index (χ2n) is 1.61.